The van der Waals surface area contributed by atoms with Crippen LogP contribution in [0, 0.1) is 17.2 Å². The summed E-state index contributed by atoms with van der Waals surface area (Å²) in [4.78, 5) is 12.5. The van der Waals surface area contributed by atoms with Gasteiger partial charge in [0.2, 0.25) is 5.78 Å². The molecule has 0 bridgehead atoms. The van der Waals surface area contributed by atoms with Crippen LogP contribution in [-0.4, -0.2) is 12.9 Å². The fourth-order valence-corrected chi connectivity index (χ4v) is 2.57. The number of benzene rings is 1. The third kappa shape index (κ3) is 3.19. The fourth-order valence-electron chi connectivity index (χ4n) is 2.57. The van der Waals surface area contributed by atoms with Gasteiger partial charge in [0.15, 0.2) is 0 Å². The van der Waals surface area contributed by atoms with Crippen LogP contribution in [0.25, 0.3) is 6.08 Å². The summed E-state index contributed by atoms with van der Waals surface area (Å²) in [6.45, 7) is 2.18. The molecule has 0 saturated heterocycles. The third-order valence-electron chi connectivity index (χ3n) is 4.11. The molecule has 1 aliphatic rings. The van der Waals surface area contributed by atoms with Crippen LogP contribution in [0.4, 0.5) is 0 Å². The maximum atomic E-state index is 12.5. The predicted octanol–water partition coefficient (Wildman–Crippen LogP) is 4.20. The molecular formula is C19H17NO3. The van der Waals surface area contributed by atoms with Gasteiger partial charge in [0.1, 0.15) is 28.9 Å². The van der Waals surface area contributed by atoms with E-state index in [0.29, 0.717) is 28.9 Å². The van der Waals surface area contributed by atoms with Crippen LogP contribution in [0.5, 0.6) is 5.75 Å². The molecule has 3 rings (SSSR count). The Bertz CT molecular complexity index is 810. The van der Waals surface area contributed by atoms with Gasteiger partial charge in [0.25, 0.3) is 0 Å². The van der Waals surface area contributed by atoms with Crippen molar-refractivity contribution in [3.05, 3.63) is 59.1 Å². The molecule has 2 atom stereocenters. The van der Waals surface area contributed by atoms with Crippen molar-refractivity contribution in [2.75, 3.05) is 7.11 Å². The predicted molar refractivity (Wildman–Crippen MR) is 86.1 cm³/mol. The molecule has 1 fully saturated rings. The van der Waals surface area contributed by atoms with E-state index in [0.717, 1.165) is 12.2 Å². The van der Waals surface area contributed by atoms with E-state index in [1.807, 2.05) is 12.1 Å². The number of ketones is 1. The number of hydrogen-bond donors (Lipinski definition) is 0. The van der Waals surface area contributed by atoms with Crippen molar-refractivity contribution < 1.29 is 13.9 Å². The number of rotatable bonds is 5. The monoisotopic (exact) mass is 307 g/mol. The summed E-state index contributed by atoms with van der Waals surface area (Å²) in [7, 11) is 1.54. The zero-order chi connectivity index (χ0) is 16.4. The van der Waals surface area contributed by atoms with Crippen LogP contribution < -0.4 is 4.74 Å². The molecule has 0 amide bonds. The van der Waals surface area contributed by atoms with Crippen molar-refractivity contribution in [2.45, 2.75) is 19.3 Å². The molecule has 0 aliphatic heterocycles. The minimum atomic E-state index is -0.343. The Balaban J connectivity index is 1.85. The molecule has 0 N–H and O–H groups in total. The zero-order valence-electron chi connectivity index (χ0n) is 13.1. The van der Waals surface area contributed by atoms with Gasteiger partial charge in [-0.25, -0.2) is 0 Å². The second-order valence-electron chi connectivity index (χ2n) is 5.79. The molecule has 1 aromatic carbocycles. The van der Waals surface area contributed by atoms with Crippen molar-refractivity contribution in [2.24, 2.45) is 5.92 Å². The summed E-state index contributed by atoms with van der Waals surface area (Å²) in [5.41, 5.74) is 0.461. The molecule has 0 radical (unpaired) electrons. The van der Waals surface area contributed by atoms with Gasteiger partial charge >= 0.3 is 0 Å². The Morgan fingerprint density at radius 3 is 2.83 bits per heavy atom. The molecule has 1 heterocycles. The molecule has 4 heteroatoms. The number of carbonyl (C=O) groups excluding carboxylic acids is 1. The highest BCUT2D eigenvalue weighted by Gasteiger charge is 2.36. The second kappa shape index (κ2) is 6.13. The summed E-state index contributed by atoms with van der Waals surface area (Å²) >= 11 is 0. The summed E-state index contributed by atoms with van der Waals surface area (Å²) < 4.78 is 10.8. The number of Topliss-reactive ketones (excluding diaryl/α,β-unsaturated/α-hetero) is 1. The fraction of sp³-hybridized carbons (Fsp3) is 0.263. The molecular weight excluding hydrogens is 290 g/mol. The maximum absolute atomic E-state index is 12.5. The maximum Gasteiger partial charge on any atom is 0.203 e. The van der Waals surface area contributed by atoms with E-state index in [9.17, 15) is 10.1 Å². The van der Waals surface area contributed by atoms with Crippen LogP contribution in [0.3, 0.4) is 0 Å². The number of furan rings is 1. The lowest BCUT2D eigenvalue weighted by molar-refractivity contribution is 0.103. The van der Waals surface area contributed by atoms with Crippen molar-refractivity contribution >= 4 is 11.9 Å². The quantitative estimate of drug-likeness (QED) is 0.472. The van der Waals surface area contributed by atoms with Gasteiger partial charge in [0, 0.05) is 17.6 Å². The average Bonchev–Trinajstić information content (AvgIpc) is 3.13. The highest BCUT2D eigenvalue weighted by Crippen LogP contribution is 2.47. The smallest absolute Gasteiger partial charge is 0.203 e. The van der Waals surface area contributed by atoms with Crippen LogP contribution in [-0.2, 0) is 0 Å². The summed E-state index contributed by atoms with van der Waals surface area (Å²) in [5.74, 6) is 2.81. The number of hydrogen-bond acceptors (Lipinski definition) is 4. The van der Waals surface area contributed by atoms with Crippen molar-refractivity contribution in [1.82, 2.24) is 0 Å². The lowest BCUT2D eigenvalue weighted by Gasteiger charge is -2.02. The number of allylic oxidation sites excluding steroid dienone is 1. The van der Waals surface area contributed by atoms with E-state index < -0.39 is 0 Å². The first kappa shape index (κ1) is 15.1. The molecule has 1 aromatic heterocycles. The van der Waals surface area contributed by atoms with Crippen molar-refractivity contribution in [3.8, 4) is 11.8 Å². The second-order valence-corrected chi connectivity index (χ2v) is 5.79. The third-order valence-corrected chi connectivity index (χ3v) is 4.11. The van der Waals surface area contributed by atoms with E-state index in [2.05, 4.69) is 6.92 Å². The van der Waals surface area contributed by atoms with Crippen molar-refractivity contribution in [1.29, 1.82) is 5.26 Å². The van der Waals surface area contributed by atoms with E-state index in [1.165, 1.54) is 13.2 Å². The molecule has 1 aliphatic carbocycles. The first-order valence-corrected chi connectivity index (χ1v) is 7.52. The zero-order valence-corrected chi connectivity index (χ0v) is 13.1. The molecule has 0 spiro atoms. The number of nitrogens with zero attached hydrogens (tertiary/aromatic N) is 1. The summed E-state index contributed by atoms with van der Waals surface area (Å²) in [6, 6.07) is 12.4. The Labute approximate surface area is 135 Å². The molecule has 2 aromatic rings. The highest BCUT2D eigenvalue weighted by molar-refractivity contribution is 6.14. The van der Waals surface area contributed by atoms with Crippen molar-refractivity contribution in [3.63, 3.8) is 0 Å². The van der Waals surface area contributed by atoms with Gasteiger partial charge in [-0.3, -0.25) is 4.79 Å². The lowest BCUT2D eigenvalue weighted by atomic mass is 10.0. The minimum Gasteiger partial charge on any atom is -0.497 e. The molecule has 4 nitrogen and oxygen atoms in total. The number of carbonyl (C=O) groups is 1. The van der Waals surface area contributed by atoms with Gasteiger partial charge in [-0.2, -0.15) is 5.26 Å². The molecule has 116 valence electrons. The van der Waals surface area contributed by atoms with Crippen LogP contribution in [0.2, 0.25) is 0 Å². The van der Waals surface area contributed by atoms with Gasteiger partial charge in [-0.05, 0) is 36.6 Å². The number of ether oxygens (including phenoxy) is 1. The van der Waals surface area contributed by atoms with Gasteiger partial charge in [-0.1, -0.05) is 19.1 Å². The average molecular weight is 307 g/mol. The molecule has 23 heavy (non-hydrogen) atoms. The van der Waals surface area contributed by atoms with Crippen LogP contribution >= 0.6 is 0 Å². The van der Waals surface area contributed by atoms with Gasteiger partial charge < -0.3 is 9.15 Å². The Morgan fingerprint density at radius 1 is 1.39 bits per heavy atom. The Morgan fingerprint density at radius 2 is 2.17 bits per heavy atom. The largest absolute Gasteiger partial charge is 0.497 e. The first-order valence-electron chi connectivity index (χ1n) is 7.52. The van der Waals surface area contributed by atoms with E-state index >= 15 is 0 Å². The highest BCUT2D eigenvalue weighted by atomic mass is 16.5. The Kier molecular flexibility index (Phi) is 4.03. The van der Waals surface area contributed by atoms with E-state index in [4.69, 9.17) is 9.15 Å². The normalized spacial score (nSPS) is 20.0. The lowest BCUT2D eigenvalue weighted by Crippen LogP contribution is -2.02. The van der Waals surface area contributed by atoms with E-state index in [-0.39, 0.29) is 11.4 Å². The molecule has 1 saturated carbocycles. The summed E-state index contributed by atoms with van der Waals surface area (Å²) in [5, 5.41) is 9.30. The summed E-state index contributed by atoms with van der Waals surface area (Å²) in [6.07, 6.45) is 2.63. The number of nitriles is 1. The van der Waals surface area contributed by atoms with Gasteiger partial charge in [0.05, 0.1) is 7.11 Å². The topological polar surface area (TPSA) is 63.2 Å². The molecule has 0 unspecified atom stereocenters. The standard InChI is InChI=1S/C19H17NO3/c1-12-8-17(12)18-7-6-16(23-18)10-14(11-20)19(21)13-4-3-5-15(9-13)22-2/h3-7,9-10,12,17H,8H2,1-2H3/b14-10+/t12-,17-/m1/s1. The number of methoxy groups -OCH3 is 1. The van der Waals surface area contributed by atoms with Crippen LogP contribution in [0.1, 0.15) is 41.1 Å². The SMILES string of the molecule is COc1cccc(C(=O)/C(C#N)=C/c2ccc([C@@H]3C[C@H]3C)o2)c1. The van der Waals surface area contributed by atoms with Crippen LogP contribution in [0.15, 0.2) is 46.4 Å². The van der Waals surface area contributed by atoms with E-state index in [1.54, 1.807) is 30.3 Å². The Hall–Kier alpha value is -2.80. The minimum absolute atomic E-state index is 0.0444. The van der Waals surface area contributed by atoms with Gasteiger partial charge in [-0.15, -0.1) is 0 Å². The first-order chi connectivity index (χ1) is 11.1.